The summed E-state index contributed by atoms with van der Waals surface area (Å²) in [6.07, 6.45) is 7.28. The molecule has 6 nitrogen and oxygen atoms in total. The normalized spacial score (nSPS) is 44.8. The van der Waals surface area contributed by atoms with Crippen molar-refractivity contribution in [2.24, 2.45) is 50.2 Å². The van der Waals surface area contributed by atoms with Crippen LogP contribution in [0.3, 0.4) is 0 Å². The third-order valence-corrected chi connectivity index (χ3v) is 12.1. The van der Waals surface area contributed by atoms with Crippen LogP contribution < -0.4 is 0 Å². The lowest BCUT2D eigenvalue weighted by atomic mass is 9.34. The predicted molar refractivity (Wildman–Crippen MR) is 141 cm³/mol. The fourth-order valence-electron chi connectivity index (χ4n) is 10.1. The lowest BCUT2D eigenvalue weighted by molar-refractivity contribution is -0.191. The van der Waals surface area contributed by atoms with Gasteiger partial charge < -0.3 is 4.74 Å². The Kier molecular flexibility index (Phi) is 5.53. The number of carbonyl (C=O) groups excluding carboxylic acids is 4. The third-order valence-electron chi connectivity index (χ3n) is 12.1. The molecule has 0 heterocycles. The summed E-state index contributed by atoms with van der Waals surface area (Å²) in [5, 5.41) is 9.84. The zero-order chi connectivity index (χ0) is 28.3. The number of Topliss-reactive ketones (excluding diaryl/α,β-unsaturated/α-hetero) is 2. The highest BCUT2D eigenvalue weighted by atomic mass is 16.5. The first-order valence-electron chi connectivity index (χ1n) is 14.0. The Labute approximate surface area is 226 Å². The van der Waals surface area contributed by atoms with Crippen molar-refractivity contribution in [1.82, 2.24) is 0 Å². The molecule has 0 amide bonds. The van der Waals surface area contributed by atoms with E-state index in [0.717, 1.165) is 18.4 Å². The minimum Gasteiger partial charge on any atom is -0.469 e. The van der Waals surface area contributed by atoms with Gasteiger partial charge in [0.2, 0.25) is 0 Å². The van der Waals surface area contributed by atoms with E-state index in [0.29, 0.717) is 19.3 Å². The van der Waals surface area contributed by atoms with Crippen LogP contribution in [0.2, 0.25) is 0 Å². The van der Waals surface area contributed by atoms with E-state index in [4.69, 9.17) is 4.74 Å². The zero-order valence-electron chi connectivity index (χ0n) is 24.1. The number of esters is 1. The molecule has 0 spiro atoms. The van der Waals surface area contributed by atoms with Crippen LogP contribution in [-0.2, 0) is 23.9 Å². The molecule has 6 heteroatoms. The average molecular weight is 520 g/mol. The highest BCUT2D eigenvalue weighted by Crippen LogP contribution is 2.74. The van der Waals surface area contributed by atoms with Crippen LogP contribution in [0, 0.1) is 61.6 Å². The van der Waals surface area contributed by atoms with Gasteiger partial charge >= 0.3 is 5.97 Å². The highest BCUT2D eigenvalue weighted by molar-refractivity contribution is 6.08. The molecule has 0 aromatic heterocycles. The molecule has 3 fully saturated rings. The number of hydrogen-bond donors (Lipinski definition) is 0. The molecule has 0 aliphatic heterocycles. The Balaban J connectivity index is 1.74. The van der Waals surface area contributed by atoms with E-state index in [1.165, 1.54) is 7.11 Å². The van der Waals surface area contributed by atoms with E-state index in [1.54, 1.807) is 26.0 Å². The maximum absolute atomic E-state index is 14.4. The van der Waals surface area contributed by atoms with E-state index in [-0.39, 0.29) is 46.6 Å². The maximum Gasteiger partial charge on any atom is 0.312 e. The van der Waals surface area contributed by atoms with Gasteiger partial charge in [-0.1, -0.05) is 54.5 Å². The molecular formula is C32H41NO5. The quantitative estimate of drug-likeness (QED) is 0.421. The van der Waals surface area contributed by atoms with E-state index in [9.17, 15) is 24.4 Å². The standard InChI is InChI=1S/C32H41NO5/c1-27(2)9-11-32(26(37)38-8)12-10-30(6)23(19(32)15-27)20(34)13-22-29(5)14-18(17-33)25(36)28(3,4)24(29)21(35)16-31(22,30)7/h13-14,19,23-24H,9-12,15-16H2,1-8H3. The first-order chi connectivity index (χ1) is 17.4. The van der Waals surface area contributed by atoms with Gasteiger partial charge in [0.25, 0.3) is 0 Å². The van der Waals surface area contributed by atoms with Crippen LogP contribution in [0.15, 0.2) is 23.3 Å². The molecule has 5 rings (SSSR count). The maximum atomic E-state index is 14.4. The van der Waals surface area contributed by atoms with Gasteiger partial charge in [0.1, 0.15) is 11.9 Å². The monoisotopic (exact) mass is 519 g/mol. The van der Waals surface area contributed by atoms with Crippen LogP contribution in [0.5, 0.6) is 0 Å². The van der Waals surface area contributed by atoms with Crippen molar-refractivity contribution in [3.8, 4) is 6.07 Å². The van der Waals surface area contributed by atoms with Gasteiger partial charge in [0, 0.05) is 34.5 Å². The second-order valence-corrected chi connectivity index (χ2v) is 14.9. The number of fused-ring (bicyclic) bond motifs is 7. The van der Waals surface area contributed by atoms with Crippen molar-refractivity contribution >= 4 is 23.3 Å². The minimum absolute atomic E-state index is 0.00610. The molecule has 3 saturated carbocycles. The Morgan fingerprint density at radius 2 is 1.63 bits per heavy atom. The van der Waals surface area contributed by atoms with Gasteiger partial charge in [0.15, 0.2) is 11.6 Å². The van der Waals surface area contributed by atoms with E-state index in [1.807, 2.05) is 6.92 Å². The van der Waals surface area contributed by atoms with Gasteiger partial charge in [0.05, 0.1) is 18.1 Å². The second-order valence-electron chi connectivity index (χ2n) is 14.9. The summed E-state index contributed by atoms with van der Waals surface area (Å²) in [6.45, 7) is 14.1. The number of carbonyl (C=O) groups is 4. The Bertz CT molecular complexity index is 1280. The van der Waals surface area contributed by atoms with Crippen molar-refractivity contribution in [3.05, 3.63) is 23.3 Å². The average Bonchev–Trinajstić information content (AvgIpc) is 2.82. The fraction of sp³-hybridized carbons (Fsp3) is 0.719. The number of allylic oxidation sites excluding steroid dienone is 4. The first-order valence-corrected chi connectivity index (χ1v) is 14.0. The van der Waals surface area contributed by atoms with Gasteiger partial charge in [-0.05, 0) is 60.5 Å². The van der Waals surface area contributed by atoms with E-state index >= 15 is 0 Å². The molecule has 0 aromatic rings. The summed E-state index contributed by atoms with van der Waals surface area (Å²) in [4.78, 5) is 55.0. The number of ketones is 3. The molecule has 7 unspecified atom stereocenters. The Morgan fingerprint density at radius 1 is 1.00 bits per heavy atom. The fourth-order valence-corrected chi connectivity index (χ4v) is 10.1. The van der Waals surface area contributed by atoms with Crippen molar-refractivity contribution in [2.75, 3.05) is 7.11 Å². The van der Waals surface area contributed by atoms with Gasteiger partial charge in [-0.15, -0.1) is 0 Å². The Hall–Kier alpha value is -2.55. The van der Waals surface area contributed by atoms with E-state index in [2.05, 4.69) is 33.8 Å². The summed E-state index contributed by atoms with van der Waals surface area (Å²) >= 11 is 0. The van der Waals surface area contributed by atoms with Gasteiger partial charge in [-0.2, -0.15) is 5.26 Å². The van der Waals surface area contributed by atoms with Crippen molar-refractivity contribution in [2.45, 2.75) is 87.0 Å². The molecule has 7 atom stereocenters. The molecule has 0 aromatic carbocycles. The number of nitriles is 1. The summed E-state index contributed by atoms with van der Waals surface area (Å²) < 4.78 is 5.37. The van der Waals surface area contributed by atoms with Crippen LogP contribution in [0.1, 0.15) is 87.0 Å². The van der Waals surface area contributed by atoms with E-state index < -0.39 is 38.9 Å². The lowest BCUT2D eigenvalue weighted by Gasteiger charge is -2.68. The molecule has 204 valence electrons. The second kappa shape index (κ2) is 7.77. The van der Waals surface area contributed by atoms with Crippen LogP contribution in [0.25, 0.3) is 0 Å². The summed E-state index contributed by atoms with van der Waals surface area (Å²) in [7, 11) is 1.44. The largest absolute Gasteiger partial charge is 0.469 e. The Morgan fingerprint density at radius 3 is 2.24 bits per heavy atom. The number of ether oxygens (including phenoxy) is 1. The predicted octanol–water partition coefficient (Wildman–Crippen LogP) is 5.56. The number of methoxy groups -OCH3 is 1. The summed E-state index contributed by atoms with van der Waals surface area (Å²) in [5.74, 6) is -1.72. The molecule has 0 bridgehead atoms. The summed E-state index contributed by atoms with van der Waals surface area (Å²) in [6, 6.07) is 2.07. The molecular weight excluding hydrogens is 478 g/mol. The number of nitrogens with zero attached hydrogens (tertiary/aromatic N) is 1. The molecule has 5 aliphatic carbocycles. The topological polar surface area (TPSA) is 101 Å². The molecule has 0 saturated heterocycles. The third kappa shape index (κ3) is 3.05. The number of rotatable bonds is 1. The van der Waals surface area contributed by atoms with Gasteiger partial charge in [-0.25, -0.2) is 0 Å². The zero-order valence-corrected chi connectivity index (χ0v) is 24.1. The first kappa shape index (κ1) is 27.0. The van der Waals surface area contributed by atoms with Crippen molar-refractivity contribution < 1.29 is 23.9 Å². The van der Waals surface area contributed by atoms with Crippen molar-refractivity contribution in [3.63, 3.8) is 0 Å². The minimum atomic E-state index is -1.05. The highest BCUT2D eigenvalue weighted by Gasteiger charge is 2.72. The van der Waals surface area contributed by atoms with Crippen LogP contribution >= 0.6 is 0 Å². The van der Waals surface area contributed by atoms with Crippen molar-refractivity contribution in [1.29, 1.82) is 5.26 Å². The smallest absolute Gasteiger partial charge is 0.312 e. The lowest BCUT2D eigenvalue weighted by Crippen LogP contribution is -2.67. The number of hydrogen-bond acceptors (Lipinski definition) is 6. The molecule has 0 radical (unpaired) electrons. The SMILES string of the molecule is COC(=O)C12CCC(C)(C)CC1C1C(=O)C=C3C4(C)C=C(C#N)C(=O)C(C)(C)C4C(=O)CC3(C)C1(C)CC2. The van der Waals surface area contributed by atoms with Gasteiger partial charge in [-0.3, -0.25) is 19.2 Å². The molecule has 0 N–H and O–H groups in total. The molecule has 5 aliphatic rings. The molecule has 38 heavy (non-hydrogen) atoms. The van der Waals surface area contributed by atoms with Crippen LogP contribution in [-0.4, -0.2) is 30.4 Å². The van der Waals surface area contributed by atoms with Crippen LogP contribution in [0.4, 0.5) is 0 Å². The summed E-state index contributed by atoms with van der Waals surface area (Å²) in [5.41, 5.74) is -2.94.